The van der Waals surface area contributed by atoms with Gasteiger partial charge in [0.15, 0.2) is 5.85 Å². The summed E-state index contributed by atoms with van der Waals surface area (Å²) < 4.78 is 22.4. The quantitative estimate of drug-likeness (QED) is 0.173. The van der Waals surface area contributed by atoms with Gasteiger partial charge < -0.3 is 24.8 Å². The second-order valence-corrected chi connectivity index (χ2v) is 9.63. The van der Waals surface area contributed by atoms with E-state index in [1.54, 1.807) is 30.3 Å². The number of carbonyl (C=O) groups excluding carboxylic acids is 2. The lowest BCUT2D eigenvalue weighted by molar-refractivity contribution is -0.394. The molecular formula is C20H22N3O11P. The van der Waals surface area contributed by atoms with Crippen LogP contribution in [-0.4, -0.2) is 51.2 Å². The minimum absolute atomic E-state index is 0.110. The first-order chi connectivity index (χ1) is 16.5. The van der Waals surface area contributed by atoms with Gasteiger partial charge in [-0.2, -0.15) is 0 Å². The molecule has 2 rings (SSSR count). The van der Waals surface area contributed by atoms with Crippen molar-refractivity contribution >= 4 is 30.8 Å². The van der Waals surface area contributed by atoms with E-state index in [0.717, 1.165) is 19.2 Å². The number of hydrogen-bond acceptors (Lipinski definition) is 10. The van der Waals surface area contributed by atoms with E-state index in [1.165, 1.54) is 0 Å². The highest BCUT2D eigenvalue weighted by molar-refractivity contribution is 7.58. The van der Waals surface area contributed by atoms with E-state index < -0.39 is 70.7 Å². The molecule has 1 amide bonds. The van der Waals surface area contributed by atoms with Gasteiger partial charge in [-0.25, -0.2) is 9.59 Å². The number of methoxy groups -OCH3 is 1. The maximum Gasteiger partial charge on any atom is 0.408 e. The minimum Gasteiger partial charge on any atom is -0.467 e. The van der Waals surface area contributed by atoms with Crippen molar-refractivity contribution in [1.82, 2.24) is 5.32 Å². The lowest BCUT2D eigenvalue weighted by atomic mass is 10.1. The monoisotopic (exact) mass is 511 g/mol. The van der Waals surface area contributed by atoms with Crippen molar-refractivity contribution in [2.24, 2.45) is 0 Å². The number of rotatable bonds is 11. The minimum atomic E-state index is -4.64. The van der Waals surface area contributed by atoms with E-state index >= 15 is 0 Å². The molecule has 35 heavy (non-hydrogen) atoms. The zero-order valence-electron chi connectivity index (χ0n) is 18.3. The number of non-ortho nitro benzene ring substituents is 1. The number of benzene rings is 2. The van der Waals surface area contributed by atoms with Crippen LogP contribution in [0.2, 0.25) is 0 Å². The van der Waals surface area contributed by atoms with Gasteiger partial charge in [0.25, 0.3) is 11.4 Å². The van der Waals surface area contributed by atoms with Gasteiger partial charge in [-0.15, -0.1) is 0 Å². The molecule has 0 aliphatic heterocycles. The number of aliphatic hydroxyl groups is 1. The number of amides is 1. The van der Waals surface area contributed by atoms with E-state index in [4.69, 9.17) is 4.74 Å². The van der Waals surface area contributed by atoms with Crippen molar-refractivity contribution in [1.29, 1.82) is 0 Å². The van der Waals surface area contributed by atoms with Crippen LogP contribution in [0.25, 0.3) is 0 Å². The SMILES string of the molecule is COC(=O)[C@H](CCP(=O)(O)C(O)c1ccc([N+](=O)[O-])cc1[N+](=O)[O-])NC(=O)OCc1ccccc1. The smallest absolute Gasteiger partial charge is 0.408 e. The Hall–Kier alpha value is -3.87. The molecular weight excluding hydrogens is 489 g/mol. The number of nitro benzene ring substituents is 2. The summed E-state index contributed by atoms with van der Waals surface area (Å²) in [4.78, 5) is 54.7. The Labute approximate surface area is 198 Å². The van der Waals surface area contributed by atoms with Crippen LogP contribution in [0.1, 0.15) is 23.4 Å². The number of nitro groups is 2. The zero-order valence-corrected chi connectivity index (χ0v) is 19.2. The maximum absolute atomic E-state index is 12.8. The molecule has 0 aliphatic rings. The molecule has 2 aromatic rings. The highest BCUT2D eigenvalue weighted by Crippen LogP contribution is 2.56. The lowest BCUT2D eigenvalue weighted by Gasteiger charge is -2.21. The Balaban J connectivity index is 2.11. The van der Waals surface area contributed by atoms with Gasteiger partial charge in [-0.3, -0.25) is 24.8 Å². The first kappa shape index (κ1) is 27.4. The molecule has 15 heteroatoms. The van der Waals surface area contributed by atoms with Crippen molar-refractivity contribution in [3.63, 3.8) is 0 Å². The highest BCUT2D eigenvalue weighted by atomic mass is 31.2. The van der Waals surface area contributed by atoms with E-state index in [2.05, 4.69) is 10.1 Å². The number of nitrogens with one attached hydrogen (secondary N) is 1. The molecule has 0 bridgehead atoms. The van der Waals surface area contributed by atoms with Gasteiger partial charge >= 0.3 is 12.1 Å². The fraction of sp³-hybridized carbons (Fsp3) is 0.300. The maximum atomic E-state index is 12.8. The molecule has 188 valence electrons. The fourth-order valence-corrected chi connectivity index (χ4v) is 4.50. The molecule has 0 spiro atoms. The van der Waals surface area contributed by atoms with Gasteiger partial charge in [-0.1, -0.05) is 30.3 Å². The summed E-state index contributed by atoms with van der Waals surface area (Å²) in [5.74, 6) is -3.25. The van der Waals surface area contributed by atoms with Gasteiger partial charge in [0, 0.05) is 12.2 Å². The average molecular weight is 511 g/mol. The third kappa shape index (κ3) is 7.57. The molecule has 0 aromatic heterocycles. The summed E-state index contributed by atoms with van der Waals surface area (Å²) in [6, 6.07) is 9.40. The van der Waals surface area contributed by atoms with Crippen LogP contribution >= 0.6 is 7.37 Å². The standard InChI is InChI=1S/C20H22N3O11P/c1-33-18(24)16(21-20(26)34-12-13-5-3-2-4-6-13)9-10-35(31,32)19(25)15-8-7-14(22(27)28)11-17(15)23(29)30/h2-8,11,16,19,25H,9-10,12H2,1H3,(H,21,26)(H,31,32)/t16-,19?/m0/s1. The van der Waals surface area contributed by atoms with Gasteiger partial charge in [0.1, 0.15) is 12.6 Å². The number of aliphatic hydroxyl groups excluding tert-OH is 1. The summed E-state index contributed by atoms with van der Waals surface area (Å²) in [5, 5.41) is 34.8. The molecule has 3 N–H and O–H groups in total. The van der Waals surface area contributed by atoms with Crippen molar-refractivity contribution in [2.45, 2.75) is 24.9 Å². The van der Waals surface area contributed by atoms with Gasteiger partial charge in [0.05, 0.1) is 28.6 Å². The van der Waals surface area contributed by atoms with Crippen LogP contribution in [-0.2, 0) is 25.4 Å². The lowest BCUT2D eigenvalue weighted by Crippen LogP contribution is -2.42. The molecule has 3 atom stereocenters. The molecule has 2 unspecified atom stereocenters. The normalized spacial score (nSPS) is 14.1. The van der Waals surface area contributed by atoms with Crippen molar-refractivity contribution in [2.75, 3.05) is 13.3 Å². The van der Waals surface area contributed by atoms with Crippen LogP contribution in [0, 0.1) is 20.2 Å². The first-order valence-corrected chi connectivity index (χ1v) is 11.8. The Morgan fingerprint density at radius 3 is 2.34 bits per heavy atom. The predicted molar refractivity (Wildman–Crippen MR) is 120 cm³/mol. The molecule has 0 heterocycles. The van der Waals surface area contributed by atoms with E-state index in [-0.39, 0.29) is 6.61 Å². The van der Waals surface area contributed by atoms with Gasteiger partial charge in [-0.05, 0) is 18.1 Å². The van der Waals surface area contributed by atoms with Crippen molar-refractivity contribution < 1.29 is 43.5 Å². The predicted octanol–water partition coefficient (Wildman–Crippen LogP) is 2.62. The number of nitrogens with zero attached hydrogens (tertiary/aromatic N) is 2. The number of carbonyl (C=O) groups is 2. The summed E-state index contributed by atoms with van der Waals surface area (Å²) >= 11 is 0. The number of alkyl carbamates (subject to hydrolysis) is 1. The summed E-state index contributed by atoms with van der Waals surface area (Å²) in [6.45, 7) is -0.110. The van der Waals surface area contributed by atoms with Crippen LogP contribution in [0.3, 0.4) is 0 Å². The van der Waals surface area contributed by atoms with Crippen LogP contribution < -0.4 is 5.32 Å². The van der Waals surface area contributed by atoms with Crippen LogP contribution in [0.15, 0.2) is 48.5 Å². The largest absolute Gasteiger partial charge is 0.467 e. The Morgan fingerprint density at radius 2 is 1.77 bits per heavy atom. The molecule has 0 aliphatic carbocycles. The molecule has 2 aromatic carbocycles. The zero-order chi connectivity index (χ0) is 26.2. The topological polar surface area (TPSA) is 208 Å². The Kier molecular flexibility index (Phi) is 9.40. The third-order valence-electron chi connectivity index (χ3n) is 4.81. The fourth-order valence-electron chi connectivity index (χ4n) is 2.97. The van der Waals surface area contributed by atoms with E-state index in [0.29, 0.717) is 11.6 Å². The second-order valence-electron chi connectivity index (χ2n) is 7.18. The van der Waals surface area contributed by atoms with E-state index in [9.17, 15) is 44.4 Å². The van der Waals surface area contributed by atoms with E-state index in [1.807, 2.05) is 0 Å². The molecule has 0 saturated heterocycles. The molecule has 0 radical (unpaired) electrons. The number of esters is 1. The van der Waals surface area contributed by atoms with Crippen molar-refractivity contribution in [3.05, 3.63) is 79.9 Å². The first-order valence-electron chi connectivity index (χ1n) is 9.93. The number of ether oxygens (including phenoxy) is 2. The number of hydrogen-bond donors (Lipinski definition) is 3. The third-order valence-corrected chi connectivity index (χ3v) is 6.75. The summed E-state index contributed by atoms with van der Waals surface area (Å²) in [7, 11) is -3.61. The molecule has 14 nitrogen and oxygen atoms in total. The Morgan fingerprint density at radius 1 is 1.11 bits per heavy atom. The highest BCUT2D eigenvalue weighted by Gasteiger charge is 2.37. The summed E-state index contributed by atoms with van der Waals surface area (Å²) in [6.07, 6.45) is -2.26. The van der Waals surface area contributed by atoms with Crippen LogP contribution in [0.5, 0.6) is 0 Å². The summed E-state index contributed by atoms with van der Waals surface area (Å²) in [5.41, 5.74) is -1.52. The average Bonchev–Trinajstić information content (AvgIpc) is 2.84. The van der Waals surface area contributed by atoms with Crippen LogP contribution in [0.4, 0.5) is 16.2 Å². The Bertz CT molecular complexity index is 1140. The molecule has 0 fully saturated rings. The second kappa shape index (κ2) is 12.0. The van der Waals surface area contributed by atoms with Gasteiger partial charge in [0.2, 0.25) is 7.37 Å². The van der Waals surface area contributed by atoms with Crippen molar-refractivity contribution in [3.8, 4) is 0 Å². The molecule has 0 saturated carbocycles.